The highest BCUT2D eigenvalue weighted by Gasteiger charge is 2.30. The molecule has 1 saturated heterocycles. The minimum absolute atomic E-state index is 0.0584. The zero-order valence-electron chi connectivity index (χ0n) is 17.3. The second-order valence-electron chi connectivity index (χ2n) is 6.80. The van der Waals surface area contributed by atoms with E-state index < -0.39 is 11.9 Å². The highest BCUT2D eigenvalue weighted by Crippen LogP contribution is 2.35. The van der Waals surface area contributed by atoms with Crippen LogP contribution in [-0.4, -0.2) is 63.1 Å². The zero-order valence-corrected chi connectivity index (χ0v) is 17.3. The van der Waals surface area contributed by atoms with E-state index in [9.17, 15) is 14.4 Å². The molecule has 8 nitrogen and oxygen atoms in total. The van der Waals surface area contributed by atoms with E-state index in [0.29, 0.717) is 26.2 Å². The molecule has 8 heteroatoms. The van der Waals surface area contributed by atoms with Crippen molar-refractivity contribution in [2.75, 3.05) is 50.2 Å². The van der Waals surface area contributed by atoms with Gasteiger partial charge in [0, 0.05) is 39.3 Å². The molecule has 0 radical (unpaired) electrons. The van der Waals surface area contributed by atoms with Crippen LogP contribution in [0.2, 0.25) is 0 Å². The molecular weight excluding hydrogens is 386 g/mol. The third-order valence-electron chi connectivity index (χ3n) is 5.10. The van der Waals surface area contributed by atoms with E-state index in [1.807, 2.05) is 29.2 Å². The van der Waals surface area contributed by atoms with Crippen molar-refractivity contribution in [3.8, 4) is 0 Å². The number of allylic oxidation sites excluding steroid dienone is 2. The summed E-state index contributed by atoms with van der Waals surface area (Å²) in [4.78, 5) is 42.3. The Morgan fingerprint density at radius 3 is 2.10 bits per heavy atom. The number of anilines is 2. The second-order valence-corrected chi connectivity index (χ2v) is 6.80. The lowest BCUT2D eigenvalue weighted by Gasteiger charge is -2.37. The van der Waals surface area contributed by atoms with E-state index in [4.69, 9.17) is 9.47 Å². The molecule has 1 aromatic rings. The number of nitrogens with zero attached hydrogens (tertiary/aromatic N) is 3. The topological polar surface area (TPSA) is 79.4 Å². The number of amides is 1. The van der Waals surface area contributed by atoms with Gasteiger partial charge in [-0.15, -0.1) is 0 Å². The second kappa shape index (κ2) is 9.30. The third kappa shape index (κ3) is 4.22. The monoisotopic (exact) mass is 411 g/mol. The Morgan fingerprint density at radius 2 is 1.50 bits per heavy atom. The molecule has 0 spiro atoms. The van der Waals surface area contributed by atoms with Crippen molar-refractivity contribution >= 4 is 29.2 Å². The Hall–Kier alpha value is -3.55. The SMILES string of the molecule is COC(=O)C1=C(C(=O)OC)N(c2ccccc2N2CCN(C(C)=O)CC2)C=CC=C1. The summed E-state index contributed by atoms with van der Waals surface area (Å²) in [6.07, 6.45) is 6.65. The van der Waals surface area contributed by atoms with Crippen LogP contribution in [0, 0.1) is 0 Å². The number of hydrogen-bond acceptors (Lipinski definition) is 7. The number of hydrogen-bond donors (Lipinski definition) is 0. The summed E-state index contributed by atoms with van der Waals surface area (Å²) in [6, 6.07) is 7.61. The van der Waals surface area contributed by atoms with E-state index >= 15 is 0 Å². The van der Waals surface area contributed by atoms with E-state index in [2.05, 4.69) is 4.90 Å². The third-order valence-corrected chi connectivity index (χ3v) is 5.10. The van der Waals surface area contributed by atoms with Crippen LogP contribution in [0.5, 0.6) is 0 Å². The number of benzene rings is 1. The lowest BCUT2D eigenvalue weighted by atomic mass is 10.1. The van der Waals surface area contributed by atoms with Crippen molar-refractivity contribution in [2.45, 2.75) is 6.92 Å². The van der Waals surface area contributed by atoms with Gasteiger partial charge in [0.2, 0.25) is 5.91 Å². The van der Waals surface area contributed by atoms with Crippen LogP contribution < -0.4 is 9.80 Å². The summed E-state index contributed by atoms with van der Waals surface area (Å²) in [7, 11) is 2.54. The number of rotatable bonds is 4. The van der Waals surface area contributed by atoms with Crippen molar-refractivity contribution in [1.29, 1.82) is 0 Å². The number of esters is 2. The van der Waals surface area contributed by atoms with Crippen LogP contribution in [0.4, 0.5) is 11.4 Å². The Kier molecular flexibility index (Phi) is 6.56. The molecule has 30 heavy (non-hydrogen) atoms. The van der Waals surface area contributed by atoms with E-state index in [1.54, 1.807) is 30.2 Å². The van der Waals surface area contributed by atoms with Gasteiger partial charge < -0.3 is 24.2 Å². The van der Waals surface area contributed by atoms with Crippen LogP contribution in [0.3, 0.4) is 0 Å². The molecule has 1 aromatic carbocycles. The van der Waals surface area contributed by atoms with Crippen LogP contribution in [0.25, 0.3) is 0 Å². The normalized spacial score (nSPS) is 16.4. The number of carbonyl (C=O) groups is 3. The zero-order chi connectivity index (χ0) is 21.7. The number of piperazine rings is 1. The van der Waals surface area contributed by atoms with Gasteiger partial charge in [-0.05, 0) is 24.3 Å². The minimum atomic E-state index is -0.650. The van der Waals surface area contributed by atoms with Crippen molar-refractivity contribution in [2.24, 2.45) is 0 Å². The first-order chi connectivity index (χ1) is 14.5. The van der Waals surface area contributed by atoms with E-state index in [1.165, 1.54) is 20.3 Å². The van der Waals surface area contributed by atoms with Gasteiger partial charge in [0.15, 0.2) is 0 Å². The van der Waals surface area contributed by atoms with E-state index in [-0.39, 0.29) is 17.2 Å². The largest absolute Gasteiger partial charge is 0.465 e. The first-order valence-electron chi connectivity index (χ1n) is 9.62. The van der Waals surface area contributed by atoms with Crippen LogP contribution in [0.15, 0.2) is 60.0 Å². The number of ether oxygens (including phenoxy) is 2. The standard InChI is InChI=1S/C22H25N3O5/c1-16(26)23-12-14-24(15-13-23)18-9-4-5-10-19(18)25-11-7-6-8-17(21(27)29-2)20(25)22(28)30-3/h4-11H,12-15H2,1-3H3. The Bertz CT molecular complexity index is 926. The molecule has 2 aliphatic rings. The molecule has 0 unspecified atom stereocenters. The summed E-state index contributed by atoms with van der Waals surface area (Å²) >= 11 is 0. The number of para-hydroxylation sites is 2. The fraction of sp³-hybridized carbons (Fsp3) is 0.318. The van der Waals surface area contributed by atoms with Gasteiger partial charge in [-0.3, -0.25) is 4.79 Å². The quantitative estimate of drug-likeness (QED) is 0.700. The summed E-state index contributed by atoms with van der Waals surface area (Å²) in [5.74, 6) is -1.22. The summed E-state index contributed by atoms with van der Waals surface area (Å²) < 4.78 is 9.85. The van der Waals surface area contributed by atoms with Crippen LogP contribution in [-0.2, 0) is 23.9 Å². The molecule has 158 valence electrons. The van der Waals surface area contributed by atoms with Crippen molar-refractivity contribution < 1.29 is 23.9 Å². The van der Waals surface area contributed by atoms with Crippen molar-refractivity contribution in [1.82, 2.24) is 4.90 Å². The smallest absolute Gasteiger partial charge is 0.355 e. The number of carbonyl (C=O) groups excluding carboxylic acids is 3. The molecule has 3 rings (SSSR count). The number of methoxy groups -OCH3 is 2. The molecule has 0 N–H and O–H groups in total. The molecule has 2 aliphatic heterocycles. The van der Waals surface area contributed by atoms with Gasteiger partial charge in [0.05, 0.1) is 31.2 Å². The predicted octanol–water partition coefficient (Wildman–Crippen LogP) is 1.85. The molecule has 0 saturated carbocycles. The summed E-state index contributed by atoms with van der Waals surface area (Å²) in [5.41, 5.74) is 1.78. The van der Waals surface area contributed by atoms with Gasteiger partial charge in [0.25, 0.3) is 0 Å². The van der Waals surface area contributed by atoms with Gasteiger partial charge in [0.1, 0.15) is 5.70 Å². The molecule has 1 fully saturated rings. The summed E-state index contributed by atoms with van der Waals surface area (Å²) in [5, 5.41) is 0. The highest BCUT2D eigenvalue weighted by atomic mass is 16.5. The van der Waals surface area contributed by atoms with Gasteiger partial charge in [-0.25, -0.2) is 9.59 Å². The molecular formula is C22H25N3O5. The molecule has 0 aromatic heterocycles. The first kappa shape index (κ1) is 21.2. The average Bonchev–Trinajstić information content (AvgIpc) is 3.01. The van der Waals surface area contributed by atoms with Crippen LogP contribution in [0.1, 0.15) is 6.92 Å². The lowest BCUT2D eigenvalue weighted by molar-refractivity contribution is -0.139. The first-order valence-corrected chi connectivity index (χ1v) is 9.62. The van der Waals surface area contributed by atoms with Crippen LogP contribution >= 0.6 is 0 Å². The van der Waals surface area contributed by atoms with Crippen molar-refractivity contribution in [3.63, 3.8) is 0 Å². The van der Waals surface area contributed by atoms with Gasteiger partial charge >= 0.3 is 11.9 Å². The maximum atomic E-state index is 12.7. The molecule has 0 bridgehead atoms. The molecule has 0 aliphatic carbocycles. The van der Waals surface area contributed by atoms with E-state index in [0.717, 1.165) is 11.4 Å². The maximum Gasteiger partial charge on any atom is 0.355 e. The predicted molar refractivity (Wildman–Crippen MR) is 113 cm³/mol. The van der Waals surface area contributed by atoms with Gasteiger partial charge in [-0.1, -0.05) is 18.2 Å². The fourth-order valence-electron chi connectivity index (χ4n) is 3.55. The Labute approximate surface area is 175 Å². The molecule has 0 atom stereocenters. The fourth-order valence-corrected chi connectivity index (χ4v) is 3.55. The molecule has 1 amide bonds. The maximum absolute atomic E-state index is 12.7. The highest BCUT2D eigenvalue weighted by molar-refractivity contribution is 6.06. The average molecular weight is 411 g/mol. The van der Waals surface area contributed by atoms with Crippen molar-refractivity contribution in [3.05, 3.63) is 60.0 Å². The minimum Gasteiger partial charge on any atom is -0.465 e. The van der Waals surface area contributed by atoms with Gasteiger partial charge in [-0.2, -0.15) is 0 Å². The Morgan fingerprint density at radius 1 is 0.867 bits per heavy atom. The summed E-state index contributed by atoms with van der Waals surface area (Å²) in [6.45, 7) is 4.13. The molecule has 2 heterocycles. The lowest BCUT2D eigenvalue weighted by Crippen LogP contribution is -2.48. The Balaban J connectivity index is 2.05.